The molecule has 0 saturated carbocycles. The van der Waals surface area contributed by atoms with Crippen LogP contribution in [-0.2, 0) is 14.3 Å². The second kappa shape index (κ2) is 10.8. The van der Waals surface area contributed by atoms with E-state index in [0.29, 0.717) is 54.7 Å². The van der Waals surface area contributed by atoms with Gasteiger partial charge in [-0.2, -0.15) is 0 Å². The van der Waals surface area contributed by atoms with Gasteiger partial charge in [0.15, 0.2) is 11.5 Å². The van der Waals surface area contributed by atoms with Crippen molar-refractivity contribution >= 4 is 17.4 Å². The first-order chi connectivity index (χ1) is 17.0. The van der Waals surface area contributed by atoms with Crippen molar-refractivity contribution in [2.24, 2.45) is 0 Å². The number of Topliss-reactive ketones (excluding diaryl/α,β-unsaturated/α-hetero) is 1. The van der Waals surface area contributed by atoms with Crippen molar-refractivity contribution in [2.45, 2.75) is 6.04 Å². The molecule has 2 saturated heterocycles. The van der Waals surface area contributed by atoms with Crippen LogP contribution in [0.2, 0.25) is 0 Å². The van der Waals surface area contributed by atoms with Crippen LogP contribution in [0.1, 0.15) is 17.2 Å². The summed E-state index contributed by atoms with van der Waals surface area (Å²) in [5, 5.41) is 11.3. The predicted octanol–water partition coefficient (Wildman–Crippen LogP) is 2.47. The zero-order valence-electron chi connectivity index (χ0n) is 20.2. The van der Waals surface area contributed by atoms with Gasteiger partial charge >= 0.3 is 0 Å². The summed E-state index contributed by atoms with van der Waals surface area (Å²) in [6.45, 7) is 3.72. The number of carbonyl (C=O) groups excluding carboxylic acids is 2. The van der Waals surface area contributed by atoms with Crippen molar-refractivity contribution in [1.29, 1.82) is 0 Å². The highest BCUT2D eigenvalue weighted by molar-refractivity contribution is 6.46. The van der Waals surface area contributed by atoms with E-state index in [9.17, 15) is 14.7 Å². The zero-order chi connectivity index (χ0) is 24.9. The van der Waals surface area contributed by atoms with Crippen LogP contribution < -0.4 is 14.2 Å². The SMILES string of the molecule is COc1cccc(C2/C(=C(\O)c3ccc(OC)c(OC)c3)C(=O)C(=O)N2CCN2CCOCC2)c1. The summed E-state index contributed by atoms with van der Waals surface area (Å²) in [6, 6.07) is 11.3. The highest BCUT2D eigenvalue weighted by atomic mass is 16.5. The maximum absolute atomic E-state index is 13.3. The Labute approximate surface area is 204 Å². The fourth-order valence-electron chi connectivity index (χ4n) is 4.48. The molecule has 0 aromatic heterocycles. The molecule has 0 spiro atoms. The van der Waals surface area contributed by atoms with Crippen LogP contribution in [0.25, 0.3) is 5.76 Å². The van der Waals surface area contributed by atoms with Crippen molar-refractivity contribution < 1.29 is 33.6 Å². The number of aliphatic hydroxyl groups excluding tert-OH is 1. The highest BCUT2D eigenvalue weighted by Gasteiger charge is 2.46. The first-order valence-electron chi connectivity index (χ1n) is 11.4. The molecule has 1 atom stereocenters. The molecule has 0 radical (unpaired) electrons. The van der Waals surface area contributed by atoms with Gasteiger partial charge < -0.3 is 29.0 Å². The molecular formula is C26H30N2O7. The van der Waals surface area contributed by atoms with Crippen LogP contribution >= 0.6 is 0 Å². The molecule has 1 unspecified atom stereocenters. The summed E-state index contributed by atoms with van der Waals surface area (Å²) in [7, 11) is 4.56. The van der Waals surface area contributed by atoms with Crippen LogP contribution in [0, 0.1) is 0 Å². The molecule has 35 heavy (non-hydrogen) atoms. The fourth-order valence-corrected chi connectivity index (χ4v) is 4.48. The molecule has 2 aromatic carbocycles. The lowest BCUT2D eigenvalue weighted by Gasteiger charge is -2.31. The third kappa shape index (κ3) is 4.96. The summed E-state index contributed by atoms with van der Waals surface area (Å²) in [5.74, 6) is -0.172. The second-order valence-electron chi connectivity index (χ2n) is 8.29. The molecular weight excluding hydrogens is 452 g/mol. The molecule has 0 aliphatic carbocycles. The molecule has 2 fully saturated rings. The van der Waals surface area contributed by atoms with E-state index in [1.54, 1.807) is 43.5 Å². The number of ether oxygens (including phenoxy) is 4. The zero-order valence-corrected chi connectivity index (χ0v) is 20.2. The average Bonchev–Trinajstić information content (AvgIpc) is 3.16. The van der Waals surface area contributed by atoms with Crippen molar-refractivity contribution in [1.82, 2.24) is 9.80 Å². The van der Waals surface area contributed by atoms with Gasteiger partial charge in [0.25, 0.3) is 11.7 Å². The number of nitrogens with zero attached hydrogens (tertiary/aromatic N) is 2. The standard InChI is InChI=1S/C26H30N2O7/c1-32-19-6-4-5-17(15-19)23-22(24(29)18-7-8-20(33-2)21(16-18)34-3)25(30)26(31)28(23)10-9-27-11-13-35-14-12-27/h4-8,15-16,23,29H,9-14H2,1-3H3/b24-22+. The van der Waals surface area contributed by atoms with Crippen LogP contribution in [0.4, 0.5) is 0 Å². The summed E-state index contributed by atoms with van der Waals surface area (Å²) in [4.78, 5) is 30.2. The average molecular weight is 483 g/mol. The van der Waals surface area contributed by atoms with Gasteiger partial charge in [-0.15, -0.1) is 0 Å². The summed E-state index contributed by atoms with van der Waals surface area (Å²) in [6.07, 6.45) is 0. The third-order valence-corrected chi connectivity index (χ3v) is 6.37. The van der Waals surface area contributed by atoms with Crippen molar-refractivity contribution in [3.05, 3.63) is 59.2 Å². The number of aliphatic hydroxyl groups is 1. The van der Waals surface area contributed by atoms with Gasteiger partial charge in [-0.1, -0.05) is 12.1 Å². The van der Waals surface area contributed by atoms with E-state index in [4.69, 9.17) is 18.9 Å². The number of likely N-dealkylation sites (tertiary alicyclic amines) is 1. The molecule has 0 bridgehead atoms. The number of hydrogen-bond donors (Lipinski definition) is 1. The Bertz CT molecular complexity index is 1120. The van der Waals surface area contributed by atoms with Gasteiger partial charge in [0, 0.05) is 31.7 Å². The van der Waals surface area contributed by atoms with Crippen LogP contribution in [0.3, 0.4) is 0 Å². The summed E-state index contributed by atoms with van der Waals surface area (Å²) >= 11 is 0. The van der Waals surface area contributed by atoms with Crippen molar-refractivity contribution in [3.8, 4) is 17.2 Å². The minimum atomic E-state index is -0.765. The summed E-state index contributed by atoms with van der Waals surface area (Å²) in [5.41, 5.74) is 1.05. The Morgan fingerprint density at radius 1 is 0.971 bits per heavy atom. The quantitative estimate of drug-likeness (QED) is 0.348. The number of methoxy groups -OCH3 is 3. The number of hydrogen-bond acceptors (Lipinski definition) is 8. The number of amides is 1. The predicted molar refractivity (Wildman–Crippen MR) is 129 cm³/mol. The van der Waals surface area contributed by atoms with Gasteiger partial charge in [0.2, 0.25) is 0 Å². The third-order valence-electron chi connectivity index (χ3n) is 6.37. The van der Waals surface area contributed by atoms with Crippen molar-refractivity contribution in [2.75, 3.05) is 60.7 Å². The maximum Gasteiger partial charge on any atom is 0.295 e. The van der Waals surface area contributed by atoms with Crippen LogP contribution in [-0.4, -0.2) is 87.3 Å². The monoisotopic (exact) mass is 482 g/mol. The lowest BCUT2D eigenvalue weighted by atomic mass is 9.95. The maximum atomic E-state index is 13.3. The number of rotatable bonds is 8. The molecule has 2 aliphatic heterocycles. The Kier molecular flexibility index (Phi) is 7.57. The highest BCUT2D eigenvalue weighted by Crippen LogP contribution is 2.41. The Morgan fingerprint density at radius 2 is 1.71 bits per heavy atom. The number of ketones is 1. The second-order valence-corrected chi connectivity index (χ2v) is 8.29. The Balaban J connectivity index is 1.77. The Hall–Kier alpha value is -3.56. The van der Waals surface area contributed by atoms with E-state index in [0.717, 1.165) is 13.1 Å². The van der Waals surface area contributed by atoms with E-state index in [-0.39, 0.29) is 11.3 Å². The van der Waals surface area contributed by atoms with Gasteiger partial charge in [-0.05, 0) is 35.9 Å². The Morgan fingerprint density at radius 3 is 2.40 bits per heavy atom. The van der Waals surface area contributed by atoms with Gasteiger partial charge in [-0.3, -0.25) is 14.5 Å². The van der Waals surface area contributed by atoms with E-state index in [2.05, 4.69) is 4.90 Å². The minimum absolute atomic E-state index is 0.0254. The fraction of sp³-hybridized carbons (Fsp3) is 0.385. The molecule has 2 aliphatic rings. The lowest BCUT2D eigenvalue weighted by molar-refractivity contribution is -0.140. The molecule has 2 aromatic rings. The molecule has 1 amide bonds. The number of carbonyl (C=O) groups is 2. The van der Waals surface area contributed by atoms with Crippen molar-refractivity contribution in [3.63, 3.8) is 0 Å². The minimum Gasteiger partial charge on any atom is -0.507 e. The normalized spacial score (nSPS) is 20.2. The van der Waals surface area contributed by atoms with E-state index < -0.39 is 17.7 Å². The molecule has 4 rings (SSSR count). The molecule has 9 nitrogen and oxygen atoms in total. The van der Waals surface area contributed by atoms with E-state index in [1.165, 1.54) is 19.1 Å². The van der Waals surface area contributed by atoms with Crippen LogP contribution in [0.15, 0.2) is 48.0 Å². The molecule has 9 heteroatoms. The topological polar surface area (TPSA) is 97.8 Å². The van der Waals surface area contributed by atoms with Gasteiger partial charge in [0.05, 0.1) is 46.2 Å². The van der Waals surface area contributed by atoms with Gasteiger partial charge in [-0.25, -0.2) is 0 Å². The number of benzene rings is 2. The molecule has 186 valence electrons. The molecule has 1 N–H and O–H groups in total. The van der Waals surface area contributed by atoms with E-state index >= 15 is 0 Å². The van der Waals surface area contributed by atoms with Crippen LogP contribution in [0.5, 0.6) is 17.2 Å². The van der Waals surface area contributed by atoms with Gasteiger partial charge in [0.1, 0.15) is 11.5 Å². The number of morpholine rings is 1. The smallest absolute Gasteiger partial charge is 0.295 e. The largest absolute Gasteiger partial charge is 0.507 e. The van der Waals surface area contributed by atoms with E-state index in [1.807, 2.05) is 6.07 Å². The lowest BCUT2D eigenvalue weighted by Crippen LogP contribution is -2.42. The first kappa shape index (κ1) is 24.6. The molecule has 2 heterocycles. The first-order valence-corrected chi connectivity index (χ1v) is 11.4. The summed E-state index contributed by atoms with van der Waals surface area (Å²) < 4.78 is 21.4.